The predicted octanol–water partition coefficient (Wildman–Crippen LogP) is 4.41. The Labute approximate surface area is 122 Å². The second kappa shape index (κ2) is 5.71. The predicted molar refractivity (Wildman–Crippen MR) is 81.9 cm³/mol. The van der Waals surface area contributed by atoms with Crippen molar-refractivity contribution in [2.45, 2.75) is 27.7 Å². The number of benzene rings is 1. The molecule has 0 N–H and O–H groups in total. The van der Waals surface area contributed by atoms with Gasteiger partial charge in [-0.2, -0.15) is 0 Å². The molecule has 2 aromatic rings. The van der Waals surface area contributed by atoms with Crippen molar-refractivity contribution in [3.05, 3.63) is 50.4 Å². The molecule has 0 unspecified atom stereocenters. The molecule has 1 aromatic heterocycles. The molecule has 2 rings (SSSR count). The maximum Gasteiger partial charge on any atom is 0.339 e. The largest absolute Gasteiger partial charge is 0.488 e. The van der Waals surface area contributed by atoms with Crippen LogP contribution in [0.2, 0.25) is 5.02 Å². The minimum Gasteiger partial charge on any atom is -0.488 e. The first-order valence-corrected chi connectivity index (χ1v) is 6.77. The van der Waals surface area contributed by atoms with Crippen LogP contribution in [0, 0.1) is 13.8 Å². The molecule has 0 saturated heterocycles. The number of fused-ring (bicyclic) bond motifs is 1. The maximum absolute atomic E-state index is 11.7. The first-order valence-electron chi connectivity index (χ1n) is 6.40. The average Bonchev–Trinajstić information content (AvgIpc) is 2.38. The summed E-state index contributed by atoms with van der Waals surface area (Å²) in [5, 5.41) is 1.35. The Balaban J connectivity index is 2.49. The number of aryl methyl sites for hydroxylation is 1. The highest BCUT2D eigenvalue weighted by Crippen LogP contribution is 2.31. The van der Waals surface area contributed by atoms with Gasteiger partial charge in [0, 0.05) is 17.0 Å². The zero-order chi connectivity index (χ0) is 14.9. The zero-order valence-electron chi connectivity index (χ0n) is 12.0. The molecule has 1 heterocycles. The SMILES string of the molecule is CC(C)=CCOc1cc2oc(=O)c(C)c(C)c2cc1Cl. The molecule has 0 fully saturated rings. The summed E-state index contributed by atoms with van der Waals surface area (Å²) in [4.78, 5) is 11.7. The van der Waals surface area contributed by atoms with Crippen LogP contribution in [0.1, 0.15) is 25.0 Å². The number of hydrogen-bond acceptors (Lipinski definition) is 3. The highest BCUT2D eigenvalue weighted by molar-refractivity contribution is 6.32. The third kappa shape index (κ3) is 2.88. The number of ether oxygens (including phenoxy) is 1. The molecule has 0 saturated carbocycles. The smallest absolute Gasteiger partial charge is 0.339 e. The van der Waals surface area contributed by atoms with Gasteiger partial charge in [-0.1, -0.05) is 17.2 Å². The average molecular weight is 293 g/mol. The fourth-order valence-electron chi connectivity index (χ4n) is 1.85. The Bertz CT molecular complexity index is 737. The summed E-state index contributed by atoms with van der Waals surface area (Å²) in [7, 11) is 0. The minimum absolute atomic E-state index is 0.326. The topological polar surface area (TPSA) is 39.4 Å². The summed E-state index contributed by atoms with van der Waals surface area (Å²) in [6.07, 6.45) is 1.96. The number of halogens is 1. The van der Waals surface area contributed by atoms with Crippen LogP contribution in [0.15, 0.2) is 33.0 Å². The molecule has 0 amide bonds. The molecule has 3 nitrogen and oxygen atoms in total. The molecule has 0 aliphatic carbocycles. The Morgan fingerprint density at radius 3 is 2.65 bits per heavy atom. The first kappa shape index (κ1) is 14.7. The van der Waals surface area contributed by atoms with Crippen molar-refractivity contribution in [2.75, 3.05) is 6.61 Å². The highest BCUT2D eigenvalue weighted by Gasteiger charge is 2.11. The summed E-state index contributed by atoms with van der Waals surface area (Å²) in [5.74, 6) is 0.517. The molecule has 0 aliphatic heterocycles. The number of allylic oxidation sites excluding steroid dienone is 1. The van der Waals surface area contributed by atoms with Crippen molar-refractivity contribution < 1.29 is 9.15 Å². The molecule has 4 heteroatoms. The normalized spacial score (nSPS) is 10.7. The summed E-state index contributed by atoms with van der Waals surface area (Å²) in [5.41, 5.74) is 2.82. The van der Waals surface area contributed by atoms with Crippen LogP contribution in [-0.4, -0.2) is 6.61 Å². The lowest BCUT2D eigenvalue weighted by molar-refractivity contribution is 0.362. The Hall–Kier alpha value is -1.74. The first-order chi connectivity index (χ1) is 9.40. The van der Waals surface area contributed by atoms with Crippen LogP contribution in [-0.2, 0) is 0 Å². The summed E-state index contributed by atoms with van der Waals surface area (Å²) < 4.78 is 10.9. The molecule has 0 radical (unpaired) electrons. The van der Waals surface area contributed by atoms with Crippen molar-refractivity contribution in [1.29, 1.82) is 0 Å². The van der Waals surface area contributed by atoms with Crippen LogP contribution in [0.4, 0.5) is 0 Å². The van der Waals surface area contributed by atoms with Crippen LogP contribution in [0.25, 0.3) is 11.0 Å². The van der Waals surface area contributed by atoms with Crippen LogP contribution < -0.4 is 10.4 Å². The van der Waals surface area contributed by atoms with E-state index in [2.05, 4.69) is 0 Å². The van der Waals surface area contributed by atoms with Crippen molar-refractivity contribution >= 4 is 22.6 Å². The molecular formula is C16H17ClO3. The molecule has 106 valence electrons. The van der Waals surface area contributed by atoms with Gasteiger partial charge >= 0.3 is 5.63 Å². The van der Waals surface area contributed by atoms with Gasteiger partial charge in [0.15, 0.2) is 0 Å². The lowest BCUT2D eigenvalue weighted by atomic mass is 10.1. The fourth-order valence-corrected chi connectivity index (χ4v) is 2.07. The Morgan fingerprint density at radius 2 is 2.00 bits per heavy atom. The van der Waals surface area contributed by atoms with Crippen molar-refractivity contribution in [1.82, 2.24) is 0 Å². The highest BCUT2D eigenvalue weighted by atomic mass is 35.5. The van der Waals surface area contributed by atoms with Gasteiger partial charge in [0.25, 0.3) is 0 Å². The standard InChI is InChI=1S/C16H17ClO3/c1-9(2)5-6-19-15-8-14-12(7-13(15)17)10(3)11(4)16(18)20-14/h5,7-8H,6H2,1-4H3. The quantitative estimate of drug-likeness (QED) is 0.621. The van der Waals surface area contributed by atoms with E-state index in [9.17, 15) is 4.79 Å². The van der Waals surface area contributed by atoms with E-state index in [4.69, 9.17) is 20.8 Å². The van der Waals surface area contributed by atoms with Gasteiger partial charge in [-0.05, 0) is 45.4 Å². The molecule has 0 aliphatic rings. The van der Waals surface area contributed by atoms with E-state index in [0.717, 1.165) is 10.9 Å². The lowest BCUT2D eigenvalue weighted by Gasteiger charge is -2.09. The second-order valence-corrected chi connectivity index (χ2v) is 5.42. The molecule has 0 spiro atoms. The second-order valence-electron chi connectivity index (χ2n) is 5.01. The summed E-state index contributed by atoms with van der Waals surface area (Å²) in [6, 6.07) is 3.45. The summed E-state index contributed by atoms with van der Waals surface area (Å²) in [6.45, 7) is 8.05. The van der Waals surface area contributed by atoms with Gasteiger partial charge in [0.2, 0.25) is 0 Å². The van der Waals surface area contributed by atoms with Crippen molar-refractivity contribution in [2.24, 2.45) is 0 Å². The van der Waals surface area contributed by atoms with Gasteiger partial charge in [0.1, 0.15) is 17.9 Å². The molecule has 0 bridgehead atoms. The van der Waals surface area contributed by atoms with E-state index in [1.165, 1.54) is 5.57 Å². The molecule has 0 atom stereocenters. The summed E-state index contributed by atoms with van der Waals surface area (Å²) >= 11 is 6.22. The fraction of sp³-hybridized carbons (Fsp3) is 0.312. The number of rotatable bonds is 3. The van der Waals surface area contributed by atoms with Gasteiger partial charge in [0.05, 0.1) is 5.02 Å². The van der Waals surface area contributed by atoms with Gasteiger partial charge in [-0.25, -0.2) is 4.79 Å². The monoisotopic (exact) mass is 292 g/mol. The number of hydrogen-bond donors (Lipinski definition) is 0. The van der Waals surface area contributed by atoms with E-state index in [0.29, 0.717) is 28.5 Å². The van der Waals surface area contributed by atoms with Crippen LogP contribution in [0.5, 0.6) is 5.75 Å². The third-order valence-electron chi connectivity index (χ3n) is 3.24. The Morgan fingerprint density at radius 1 is 1.30 bits per heavy atom. The lowest BCUT2D eigenvalue weighted by Crippen LogP contribution is -2.06. The minimum atomic E-state index is -0.326. The van der Waals surface area contributed by atoms with E-state index >= 15 is 0 Å². The van der Waals surface area contributed by atoms with Crippen molar-refractivity contribution in [3.63, 3.8) is 0 Å². The molecule has 20 heavy (non-hydrogen) atoms. The van der Waals surface area contributed by atoms with E-state index in [-0.39, 0.29) is 5.63 Å². The van der Waals surface area contributed by atoms with E-state index in [1.54, 1.807) is 19.1 Å². The van der Waals surface area contributed by atoms with Gasteiger partial charge < -0.3 is 9.15 Å². The molecular weight excluding hydrogens is 276 g/mol. The van der Waals surface area contributed by atoms with E-state index < -0.39 is 0 Å². The zero-order valence-corrected chi connectivity index (χ0v) is 12.8. The molecule has 1 aromatic carbocycles. The maximum atomic E-state index is 11.7. The van der Waals surface area contributed by atoms with Crippen LogP contribution >= 0.6 is 11.6 Å². The van der Waals surface area contributed by atoms with Gasteiger partial charge in [-0.15, -0.1) is 0 Å². The Kier molecular flexibility index (Phi) is 4.19. The van der Waals surface area contributed by atoms with Crippen molar-refractivity contribution in [3.8, 4) is 5.75 Å². The van der Waals surface area contributed by atoms with Gasteiger partial charge in [-0.3, -0.25) is 0 Å². The van der Waals surface area contributed by atoms with E-state index in [1.807, 2.05) is 26.8 Å². The van der Waals surface area contributed by atoms with Crippen LogP contribution in [0.3, 0.4) is 0 Å². The third-order valence-corrected chi connectivity index (χ3v) is 3.54.